The summed E-state index contributed by atoms with van der Waals surface area (Å²) < 4.78 is 5.43. The predicted molar refractivity (Wildman–Crippen MR) is 99.8 cm³/mol. The molecule has 0 spiro atoms. The first kappa shape index (κ1) is 16.3. The van der Waals surface area contributed by atoms with Crippen LogP contribution in [0.2, 0.25) is 0 Å². The molecule has 0 radical (unpaired) electrons. The van der Waals surface area contributed by atoms with E-state index >= 15 is 0 Å². The highest BCUT2D eigenvalue weighted by Gasteiger charge is 2.22. The van der Waals surface area contributed by atoms with Crippen LogP contribution in [-0.2, 0) is 11.2 Å². The average molecular weight is 349 g/mol. The van der Waals surface area contributed by atoms with Gasteiger partial charge in [0.15, 0.2) is 0 Å². The minimum atomic E-state index is -0.237. The SMILES string of the molecule is COc1cccc2c(=O)[nH]nc(Cc3cccc(N4CCCC4=O)c3)c12. The second kappa shape index (κ2) is 6.63. The molecule has 1 saturated heterocycles. The zero-order valence-corrected chi connectivity index (χ0v) is 14.5. The lowest BCUT2D eigenvalue weighted by atomic mass is 10.0. The van der Waals surface area contributed by atoms with Gasteiger partial charge in [0.05, 0.1) is 23.6 Å². The molecule has 6 nitrogen and oxygen atoms in total. The molecule has 0 aliphatic carbocycles. The largest absolute Gasteiger partial charge is 0.496 e. The Labute approximate surface area is 150 Å². The monoisotopic (exact) mass is 349 g/mol. The van der Waals surface area contributed by atoms with Gasteiger partial charge in [0, 0.05) is 25.1 Å². The Hall–Kier alpha value is -3.15. The van der Waals surface area contributed by atoms with Gasteiger partial charge in [-0.2, -0.15) is 5.10 Å². The number of nitrogens with zero attached hydrogens (tertiary/aromatic N) is 2. The topological polar surface area (TPSA) is 75.3 Å². The number of ether oxygens (including phenoxy) is 1. The minimum absolute atomic E-state index is 0.163. The molecule has 1 fully saturated rings. The molecule has 132 valence electrons. The number of hydrogen-bond acceptors (Lipinski definition) is 4. The van der Waals surface area contributed by atoms with Crippen molar-refractivity contribution in [1.29, 1.82) is 0 Å². The fourth-order valence-corrected chi connectivity index (χ4v) is 3.50. The van der Waals surface area contributed by atoms with Crippen molar-refractivity contribution in [2.45, 2.75) is 19.3 Å². The number of amides is 1. The molecule has 6 heteroatoms. The van der Waals surface area contributed by atoms with Crippen molar-refractivity contribution in [3.63, 3.8) is 0 Å². The van der Waals surface area contributed by atoms with E-state index in [-0.39, 0.29) is 11.5 Å². The van der Waals surface area contributed by atoms with E-state index in [0.29, 0.717) is 24.0 Å². The summed E-state index contributed by atoms with van der Waals surface area (Å²) in [6.45, 7) is 0.760. The molecule has 1 aliphatic rings. The Kier molecular flexibility index (Phi) is 4.16. The highest BCUT2D eigenvalue weighted by atomic mass is 16.5. The van der Waals surface area contributed by atoms with E-state index in [1.807, 2.05) is 35.2 Å². The normalized spacial score (nSPS) is 14.2. The molecule has 26 heavy (non-hydrogen) atoms. The number of nitrogens with one attached hydrogen (secondary N) is 1. The first-order valence-corrected chi connectivity index (χ1v) is 8.61. The van der Waals surface area contributed by atoms with Gasteiger partial charge in [-0.1, -0.05) is 18.2 Å². The number of anilines is 1. The molecule has 1 N–H and O–H groups in total. The molecule has 0 atom stereocenters. The smallest absolute Gasteiger partial charge is 0.272 e. The summed E-state index contributed by atoms with van der Waals surface area (Å²) in [5, 5.41) is 8.10. The van der Waals surface area contributed by atoms with Crippen LogP contribution in [0.25, 0.3) is 10.8 Å². The first-order valence-electron chi connectivity index (χ1n) is 8.61. The molecule has 3 aromatic rings. The molecule has 1 amide bonds. The van der Waals surface area contributed by atoms with Gasteiger partial charge in [-0.25, -0.2) is 5.10 Å². The molecule has 0 bridgehead atoms. The maximum Gasteiger partial charge on any atom is 0.272 e. The standard InChI is InChI=1S/C20H19N3O3/c1-26-17-8-3-7-15-19(17)16(21-22-20(15)25)12-13-5-2-6-14(11-13)23-10-4-9-18(23)24/h2-3,5-8,11H,4,9-10,12H2,1H3,(H,22,25). The third kappa shape index (κ3) is 2.83. The molecule has 1 aliphatic heterocycles. The van der Waals surface area contributed by atoms with Gasteiger partial charge in [-0.3, -0.25) is 9.59 Å². The summed E-state index contributed by atoms with van der Waals surface area (Å²) in [5.41, 5.74) is 2.43. The van der Waals surface area contributed by atoms with Gasteiger partial charge in [-0.15, -0.1) is 0 Å². The van der Waals surface area contributed by atoms with Crippen molar-refractivity contribution in [2.75, 3.05) is 18.6 Å². The van der Waals surface area contributed by atoms with Crippen molar-refractivity contribution >= 4 is 22.4 Å². The van der Waals surface area contributed by atoms with Crippen LogP contribution in [-0.4, -0.2) is 29.8 Å². The molecular formula is C20H19N3O3. The highest BCUT2D eigenvalue weighted by Crippen LogP contribution is 2.28. The Morgan fingerprint density at radius 2 is 2.04 bits per heavy atom. The van der Waals surface area contributed by atoms with Gasteiger partial charge in [-0.05, 0) is 36.2 Å². The van der Waals surface area contributed by atoms with Gasteiger partial charge in [0.2, 0.25) is 5.91 Å². The van der Waals surface area contributed by atoms with Crippen LogP contribution in [0.15, 0.2) is 47.3 Å². The quantitative estimate of drug-likeness (QED) is 0.786. The maximum absolute atomic E-state index is 12.1. The molecule has 1 aromatic heterocycles. The predicted octanol–water partition coefficient (Wildman–Crippen LogP) is 2.65. The first-order chi connectivity index (χ1) is 12.7. The van der Waals surface area contributed by atoms with E-state index < -0.39 is 0 Å². The van der Waals surface area contributed by atoms with Crippen LogP contribution < -0.4 is 15.2 Å². The Morgan fingerprint density at radius 3 is 2.81 bits per heavy atom. The number of methoxy groups -OCH3 is 1. The van der Waals surface area contributed by atoms with Crippen LogP contribution >= 0.6 is 0 Å². The van der Waals surface area contributed by atoms with E-state index in [4.69, 9.17) is 4.74 Å². The van der Waals surface area contributed by atoms with E-state index in [0.717, 1.165) is 35.3 Å². The Bertz CT molecular complexity index is 1040. The lowest BCUT2D eigenvalue weighted by Crippen LogP contribution is -2.23. The zero-order chi connectivity index (χ0) is 18.1. The highest BCUT2D eigenvalue weighted by molar-refractivity contribution is 5.95. The van der Waals surface area contributed by atoms with Crippen molar-refractivity contribution < 1.29 is 9.53 Å². The van der Waals surface area contributed by atoms with Crippen molar-refractivity contribution in [2.24, 2.45) is 0 Å². The van der Waals surface area contributed by atoms with E-state index in [1.54, 1.807) is 19.2 Å². The van der Waals surface area contributed by atoms with Gasteiger partial charge in [0.25, 0.3) is 5.56 Å². The third-order valence-electron chi connectivity index (χ3n) is 4.74. The maximum atomic E-state index is 12.1. The Morgan fingerprint density at radius 1 is 1.19 bits per heavy atom. The molecule has 0 unspecified atom stereocenters. The number of rotatable bonds is 4. The van der Waals surface area contributed by atoms with Crippen LogP contribution in [0.4, 0.5) is 5.69 Å². The fourth-order valence-electron chi connectivity index (χ4n) is 3.50. The zero-order valence-electron chi connectivity index (χ0n) is 14.5. The van der Waals surface area contributed by atoms with E-state index in [9.17, 15) is 9.59 Å². The number of carbonyl (C=O) groups excluding carboxylic acids is 1. The number of H-pyrrole nitrogens is 1. The molecular weight excluding hydrogens is 330 g/mol. The number of carbonyl (C=O) groups is 1. The van der Waals surface area contributed by atoms with Crippen molar-refractivity contribution in [1.82, 2.24) is 10.2 Å². The lowest BCUT2D eigenvalue weighted by Gasteiger charge is -2.16. The summed E-state index contributed by atoms with van der Waals surface area (Å²) in [6.07, 6.45) is 2.03. The third-order valence-corrected chi connectivity index (χ3v) is 4.74. The number of aromatic amines is 1. The minimum Gasteiger partial charge on any atom is -0.496 e. The number of benzene rings is 2. The lowest BCUT2D eigenvalue weighted by molar-refractivity contribution is -0.117. The molecule has 2 aromatic carbocycles. The second-order valence-corrected chi connectivity index (χ2v) is 6.38. The van der Waals surface area contributed by atoms with Gasteiger partial charge in [0.1, 0.15) is 5.75 Å². The number of hydrogen-bond donors (Lipinski definition) is 1. The van der Waals surface area contributed by atoms with Gasteiger partial charge < -0.3 is 9.64 Å². The summed E-state index contributed by atoms with van der Waals surface area (Å²) in [5.74, 6) is 0.790. The van der Waals surface area contributed by atoms with Crippen LogP contribution in [0.1, 0.15) is 24.1 Å². The Balaban J connectivity index is 1.75. The molecule has 4 rings (SSSR count). The molecule has 2 heterocycles. The van der Waals surface area contributed by atoms with Crippen LogP contribution in [0, 0.1) is 0 Å². The van der Waals surface area contributed by atoms with E-state index in [1.165, 1.54) is 0 Å². The summed E-state index contributed by atoms with van der Waals surface area (Å²) >= 11 is 0. The second-order valence-electron chi connectivity index (χ2n) is 6.38. The van der Waals surface area contributed by atoms with Crippen molar-refractivity contribution in [3.8, 4) is 5.75 Å². The average Bonchev–Trinajstić information content (AvgIpc) is 3.10. The number of aromatic nitrogens is 2. The summed E-state index contributed by atoms with van der Waals surface area (Å²) in [7, 11) is 1.58. The molecule has 0 saturated carbocycles. The number of fused-ring (bicyclic) bond motifs is 1. The van der Waals surface area contributed by atoms with Crippen molar-refractivity contribution in [3.05, 3.63) is 64.1 Å². The summed E-state index contributed by atoms with van der Waals surface area (Å²) in [6, 6.07) is 13.3. The summed E-state index contributed by atoms with van der Waals surface area (Å²) in [4.78, 5) is 25.9. The van der Waals surface area contributed by atoms with E-state index in [2.05, 4.69) is 10.2 Å². The fraction of sp³-hybridized carbons (Fsp3) is 0.250. The van der Waals surface area contributed by atoms with Crippen LogP contribution in [0.5, 0.6) is 5.75 Å². The van der Waals surface area contributed by atoms with Gasteiger partial charge >= 0.3 is 0 Å². The van der Waals surface area contributed by atoms with Crippen LogP contribution in [0.3, 0.4) is 0 Å².